The summed E-state index contributed by atoms with van der Waals surface area (Å²) >= 11 is 1.45. The fraction of sp³-hybridized carbons (Fsp3) is 0.150. The highest BCUT2D eigenvalue weighted by atomic mass is 32.1. The van der Waals surface area contributed by atoms with Crippen molar-refractivity contribution < 1.29 is 13.1 Å². The van der Waals surface area contributed by atoms with E-state index in [0.29, 0.717) is 11.5 Å². The Kier molecular flexibility index (Phi) is 2.81. The molecule has 1 aromatic carbocycles. The van der Waals surface area contributed by atoms with E-state index in [1.54, 1.807) is 17.7 Å². The van der Waals surface area contributed by atoms with Crippen LogP contribution in [-0.2, 0) is 7.05 Å². The van der Waals surface area contributed by atoms with Gasteiger partial charge in [0.15, 0.2) is 6.20 Å². The molecule has 3 heterocycles. The fourth-order valence-electron chi connectivity index (χ4n) is 3.06. The van der Waals surface area contributed by atoms with Crippen molar-refractivity contribution in [2.75, 3.05) is 0 Å². The van der Waals surface area contributed by atoms with Crippen LogP contribution in [0, 0.1) is 26.2 Å². The molecule has 5 heteroatoms. The summed E-state index contributed by atoms with van der Waals surface area (Å²) in [6.45, 7) is 6.59. The molecule has 0 aliphatic carbocycles. The Bertz CT molecular complexity index is 1300. The summed E-state index contributed by atoms with van der Waals surface area (Å²) in [5.74, 6) is -0.421. The van der Waals surface area contributed by atoms with Gasteiger partial charge in [-0.25, -0.2) is 8.96 Å². The highest BCUT2D eigenvalue weighted by Gasteiger charge is 2.22. The van der Waals surface area contributed by atoms with Gasteiger partial charge in [0.25, 0.3) is 5.82 Å². The molecule has 4 rings (SSSR count). The zero-order valence-corrected chi connectivity index (χ0v) is 14.4. The Hall–Kier alpha value is -2.84. The van der Waals surface area contributed by atoms with Gasteiger partial charge < -0.3 is 4.85 Å². The van der Waals surface area contributed by atoms with E-state index < -0.39 is 12.7 Å². The van der Waals surface area contributed by atoms with E-state index in [1.165, 1.54) is 23.6 Å². The molecule has 25 heavy (non-hydrogen) atoms. The normalized spacial score (nSPS) is 13.4. The van der Waals surface area contributed by atoms with Crippen molar-refractivity contribution in [2.24, 2.45) is 7.05 Å². The van der Waals surface area contributed by atoms with Gasteiger partial charge in [0.2, 0.25) is 10.5 Å². The largest absolute Gasteiger partial charge is 0.361 e. The van der Waals surface area contributed by atoms with Crippen LogP contribution in [0.3, 0.4) is 0 Å². The van der Waals surface area contributed by atoms with Gasteiger partial charge in [-0.2, -0.15) is 0 Å². The second kappa shape index (κ2) is 5.61. The maximum absolute atomic E-state index is 14.6. The molecule has 4 aromatic rings. The van der Waals surface area contributed by atoms with Crippen molar-refractivity contribution in [3.8, 4) is 11.3 Å². The number of thiophene rings is 1. The molecule has 3 aromatic heterocycles. The van der Waals surface area contributed by atoms with Crippen LogP contribution in [0.25, 0.3) is 36.4 Å². The third-order valence-corrected chi connectivity index (χ3v) is 5.43. The predicted molar refractivity (Wildman–Crippen MR) is 99.4 cm³/mol. The van der Waals surface area contributed by atoms with Crippen LogP contribution >= 0.6 is 11.3 Å². The number of fused-ring (bicyclic) bond motifs is 3. The first-order valence-corrected chi connectivity index (χ1v) is 8.42. The van der Waals surface area contributed by atoms with Gasteiger partial charge in [0.1, 0.15) is 12.9 Å². The first kappa shape index (κ1) is 12.5. The van der Waals surface area contributed by atoms with Crippen molar-refractivity contribution in [3.05, 3.63) is 64.9 Å². The zero-order chi connectivity index (χ0) is 20.2. The summed E-state index contributed by atoms with van der Waals surface area (Å²) in [7, 11) is 1.71. The van der Waals surface area contributed by atoms with Crippen LogP contribution in [0.2, 0.25) is 0 Å². The minimum atomic E-state index is -2.51. The van der Waals surface area contributed by atoms with Gasteiger partial charge in [-0.05, 0) is 25.4 Å². The third kappa shape index (κ3) is 2.38. The first-order valence-electron chi connectivity index (χ1n) is 9.11. The van der Waals surface area contributed by atoms with Crippen LogP contribution in [-0.4, -0.2) is 4.98 Å². The van der Waals surface area contributed by atoms with Gasteiger partial charge in [0.05, 0.1) is 10.3 Å². The highest BCUT2D eigenvalue weighted by molar-refractivity contribution is 7.26. The Labute approximate surface area is 153 Å². The van der Waals surface area contributed by atoms with E-state index in [0.717, 1.165) is 31.4 Å². The molecule has 0 saturated carbocycles. The summed E-state index contributed by atoms with van der Waals surface area (Å²) in [6, 6.07) is 8.81. The molecule has 3 nitrogen and oxygen atoms in total. The molecule has 0 bridgehead atoms. The lowest BCUT2D eigenvalue weighted by Crippen LogP contribution is -2.31. The van der Waals surface area contributed by atoms with Gasteiger partial charge in [-0.3, -0.25) is 0 Å². The molecule has 0 fully saturated rings. The van der Waals surface area contributed by atoms with E-state index >= 15 is 0 Å². The van der Waals surface area contributed by atoms with Crippen molar-refractivity contribution in [1.82, 2.24) is 4.98 Å². The van der Waals surface area contributed by atoms with Crippen molar-refractivity contribution in [3.63, 3.8) is 0 Å². The molecular formula is C20H15FN3S+. The average Bonchev–Trinajstić information content (AvgIpc) is 3.00. The molecule has 0 aliphatic heterocycles. The molecule has 0 aliphatic rings. The highest BCUT2D eigenvalue weighted by Crippen LogP contribution is 2.40. The van der Waals surface area contributed by atoms with Crippen LogP contribution in [0.1, 0.15) is 15.2 Å². The topological polar surface area (TPSA) is 21.1 Å². The van der Waals surface area contributed by atoms with E-state index in [2.05, 4.69) is 9.83 Å². The van der Waals surface area contributed by atoms with Gasteiger partial charge >= 0.3 is 0 Å². The molecular weight excluding hydrogens is 333 g/mol. The number of aryl methyl sites for hydroxylation is 3. The predicted octanol–water partition coefficient (Wildman–Crippen LogP) is 5.25. The Morgan fingerprint density at radius 1 is 1.24 bits per heavy atom. The van der Waals surface area contributed by atoms with Crippen LogP contribution in [0.5, 0.6) is 0 Å². The minimum absolute atomic E-state index is 0.303. The second-order valence-corrected chi connectivity index (χ2v) is 6.90. The summed E-state index contributed by atoms with van der Waals surface area (Å²) in [6.07, 6.45) is 1.33. The summed E-state index contributed by atoms with van der Waals surface area (Å²) in [4.78, 5) is 8.52. The third-order valence-electron chi connectivity index (χ3n) is 4.29. The number of nitrogens with zero attached hydrogens (tertiary/aromatic N) is 3. The lowest BCUT2D eigenvalue weighted by atomic mass is 10.0. The minimum Gasteiger partial charge on any atom is -0.361 e. The Morgan fingerprint density at radius 2 is 2.04 bits per heavy atom. The average molecular weight is 351 g/mol. The molecule has 0 atom stereocenters. The number of pyridine rings is 2. The van der Waals surface area contributed by atoms with Crippen LogP contribution in [0.15, 0.2) is 36.5 Å². The monoisotopic (exact) mass is 351 g/mol. The van der Waals surface area contributed by atoms with E-state index in [4.69, 9.17) is 10.7 Å². The quantitative estimate of drug-likeness (QED) is 0.339. The van der Waals surface area contributed by atoms with Crippen LogP contribution in [0.4, 0.5) is 10.2 Å². The molecule has 0 saturated heterocycles. The number of benzene rings is 1. The van der Waals surface area contributed by atoms with E-state index in [1.807, 2.05) is 25.1 Å². The number of halogens is 1. The standard InChI is InChI=1S/C20H15FN3S/c1-11-5-6-13-14-7-8-17(22-3)23-20(14)25-19(13)18(11)16-9-15(21)12(2)10-24(16)4/h5-10H,1-2,4H3/q+1/i2D3. The molecule has 0 spiro atoms. The molecule has 0 N–H and O–H groups in total. The molecule has 122 valence electrons. The van der Waals surface area contributed by atoms with Gasteiger partial charge in [-0.15, -0.1) is 4.98 Å². The number of hydrogen-bond donors (Lipinski definition) is 0. The van der Waals surface area contributed by atoms with Crippen LogP contribution < -0.4 is 4.57 Å². The zero-order valence-electron chi connectivity index (χ0n) is 16.6. The van der Waals surface area contributed by atoms with E-state index in [9.17, 15) is 4.39 Å². The van der Waals surface area contributed by atoms with Gasteiger partial charge in [-0.1, -0.05) is 36.1 Å². The lowest BCUT2D eigenvalue weighted by molar-refractivity contribution is -0.660. The van der Waals surface area contributed by atoms with E-state index in [-0.39, 0.29) is 5.56 Å². The fourth-order valence-corrected chi connectivity index (χ4v) is 4.34. The first-order chi connectivity index (χ1) is 13.2. The molecule has 0 amide bonds. The summed E-state index contributed by atoms with van der Waals surface area (Å²) in [5, 5.41) is 1.92. The molecule has 0 unspecified atom stereocenters. The lowest BCUT2D eigenvalue weighted by Gasteiger charge is -2.07. The summed E-state index contributed by atoms with van der Waals surface area (Å²) < 4.78 is 39.8. The van der Waals surface area contributed by atoms with Crippen molar-refractivity contribution >= 4 is 37.5 Å². The van der Waals surface area contributed by atoms with Crippen molar-refractivity contribution in [1.29, 1.82) is 0 Å². The number of rotatable bonds is 1. The number of aromatic nitrogens is 2. The summed E-state index contributed by atoms with van der Waals surface area (Å²) in [5.41, 5.74) is 2.07. The van der Waals surface area contributed by atoms with Gasteiger partial charge in [0, 0.05) is 26.5 Å². The van der Waals surface area contributed by atoms with Crippen molar-refractivity contribution in [2.45, 2.75) is 13.8 Å². The maximum Gasteiger partial charge on any atom is 0.271 e. The Balaban J connectivity index is 2.05. The SMILES string of the molecule is [2H]C([2H])([2H])c1c[n+](C)c(-c2c(C)ccc3c2sc2nc([N+]#[C-])ccc23)cc1F. The Morgan fingerprint density at radius 3 is 2.80 bits per heavy atom. The second-order valence-electron chi connectivity index (χ2n) is 5.90. The molecule has 0 radical (unpaired) electrons. The number of hydrogen-bond acceptors (Lipinski definition) is 2. The maximum atomic E-state index is 14.6. The smallest absolute Gasteiger partial charge is 0.271 e.